The fourth-order valence-corrected chi connectivity index (χ4v) is 2.35. The Kier molecular flexibility index (Phi) is 4.92. The third-order valence-electron chi connectivity index (χ3n) is 2.12. The molecule has 0 spiro atoms. The van der Waals surface area contributed by atoms with Gasteiger partial charge in [0, 0.05) is 6.08 Å². The van der Waals surface area contributed by atoms with E-state index in [1.807, 2.05) is 22.6 Å². The highest BCUT2D eigenvalue weighted by Gasteiger charge is 2.09. The number of ketones is 1. The van der Waals surface area contributed by atoms with E-state index in [2.05, 4.69) is 0 Å². The molecule has 0 fully saturated rings. The minimum absolute atomic E-state index is 0.204. The topological polar surface area (TPSA) is 56.5 Å². The van der Waals surface area contributed by atoms with Crippen molar-refractivity contribution in [2.75, 3.05) is 6.61 Å². The van der Waals surface area contributed by atoms with E-state index in [0.29, 0.717) is 10.6 Å². The van der Waals surface area contributed by atoms with E-state index >= 15 is 0 Å². The maximum absolute atomic E-state index is 11.6. The van der Waals surface area contributed by atoms with Gasteiger partial charge in [-0.25, -0.2) is 4.79 Å². The van der Waals surface area contributed by atoms with E-state index in [1.54, 1.807) is 29.6 Å². The van der Waals surface area contributed by atoms with E-state index in [1.165, 1.54) is 23.5 Å². The van der Waals surface area contributed by atoms with Crippen molar-refractivity contribution in [1.82, 2.24) is 0 Å². The normalized spacial score (nSPS) is 10.8. The third kappa shape index (κ3) is 4.32. The summed E-state index contributed by atoms with van der Waals surface area (Å²) >= 11 is 3.35. The Morgan fingerprint density at radius 3 is 2.84 bits per heavy atom. The van der Waals surface area contributed by atoms with Crippen molar-refractivity contribution >= 4 is 51.8 Å². The summed E-state index contributed by atoms with van der Waals surface area (Å²) in [7, 11) is 0. The predicted molar refractivity (Wildman–Crippen MR) is 80.1 cm³/mol. The number of hydrogen-bond acceptors (Lipinski definition) is 5. The third-order valence-corrected chi connectivity index (χ3v) is 3.61. The van der Waals surface area contributed by atoms with Gasteiger partial charge < -0.3 is 9.15 Å². The number of carbonyl (C=O) groups excluding carboxylic acids is 2. The smallest absolute Gasteiger partial charge is 0.331 e. The number of rotatable bonds is 5. The first-order chi connectivity index (χ1) is 9.15. The van der Waals surface area contributed by atoms with E-state index in [9.17, 15) is 9.59 Å². The molecule has 0 aromatic carbocycles. The maximum Gasteiger partial charge on any atom is 0.331 e. The lowest BCUT2D eigenvalue weighted by atomic mass is 10.3. The van der Waals surface area contributed by atoms with Gasteiger partial charge in [-0.3, -0.25) is 4.79 Å². The van der Waals surface area contributed by atoms with E-state index in [4.69, 9.17) is 9.15 Å². The molecular formula is C13H9IO4S. The first-order valence-electron chi connectivity index (χ1n) is 5.32. The standard InChI is InChI=1S/C13H9IO4S/c14-12-5-3-9(18-12)4-6-13(16)17-8-10(15)11-2-1-7-19-11/h1-7H,8H2. The Morgan fingerprint density at radius 1 is 1.37 bits per heavy atom. The molecule has 0 radical (unpaired) electrons. The number of Topliss-reactive ketones (excluding diaryl/α,β-unsaturated/α-hetero) is 1. The quantitative estimate of drug-likeness (QED) is 0.341. The molecule has 98 valence electrons. The first-order valence-corrected chi connectivity index (χ1v) is 7.28. The van der Waals surface area contributed by atoms with E-state index in [-0.39, 0.29) is 12.4 Å². The van der Waals surface area contributed by atoms with Gasteiger partial charge >= 0.3 is 5.97 Å². The summed E-state index contributed by atoms with van der Waals surface area (Å²) in [6, 6.07) is 6.99. The highest BCUT2D eigenvalue weighted by atomic mass is 127. The summed E-state index contributed by atoms with van der Waals surface area (Å²) in [5, 5.41) is 1.80. The van der Waals surface area contributed by atoms with Crippen LogP contribution in [0.25, 0.3) is 6.08 Å². The molecule has 0 saturated heterocycles. The average Bonchev–Trinajstić information content (AvgIpc) is 3.04. The van der Waals surface area contributed by atoms with Crippen LogP contribution in [-0.2, 0) is 9.53 Å². The van der Waals surface area contributed by atoms with Crippen LogP contribution in [0.2, 0.25) is 0 Å². The number of hydrogen-bond donors (Lipinski definition) is 0. The second-order valence-corrected chi connectivity index (χ2v) is 5.49. The second kappa shape index (κ2) is 6.67. The molecule has 0 saturated carbocycles. The highest BCUT2D eigenvalue weighted by Crippen LogP contribution is 2.12. The second-order valence-electron chi connectivity index (χ2n) is 3.48. The molecule has 19 heavy (non-hydrogen) atoms. The number of carbonyl (C=O) groups is 2. The predicted octanol–water partition coefficient (Wildman–Crippen LogP) is 3.39. The van der Waals surface area contributed by atoms with Crippen molar-refractivity contribution in [1.29, 1.82) is 0 Å². The minimum Gasteiger partial charge on any atom is -0.454 e. The van der Waals surface area contributed by atoms with Crippen LogP contribution < -0.4 is 0 Å². The monoisotopic (exact) mass is 388 g/mol. The molecule has 2 aromatic heterocycles. The number of ether oxygens (including phenoxy) is 1. The molecule has 4 nitrogen and oxygen atoms in total. The van der Waals surface area contributed by atoms with Crippen molar-refractivity contribution in [2.24, 2.45) is 0 Å². The lowest BCUT2D eigenvalue weighted by molar-refractivity contribution is -0.136. The maximum atomic E-state index is 11.6. The molecule has 0 amide bonds. The lowest BCUT2D eigenvalue weighted by Crippen LogP contribution is -2.11. The number of esters is 1. The van der Waals surface area contributed by atoms with Gasteiger partial charge in [0.1, 0.15) is 5.76 Å². The first kappa shape index (κ1) is 14.0. The molecule has 0 unspecified atom stereocenters. The fourth-order valence-electron chi connectivity index (χ4n) is 1.26. The summed E-state index contributed by atoms with van der Waals surface area (Å²) in [5.41, 5.74) is 0. The molecule has 2 aromatic rings. The Bertz CT molecular complexity index is 598. The summed E-state index contributed by atoms with van der Waals surface area (Å²) in [5.74, 6) is -0.216. The largest absolute Gasteiger partial charge is 0.454 e. The highest BCUT2D eigenvalue weighted by molar-refractivity contribution is 14.1. The molecular weight excluding hydrogens is 379 g/mol. The molecule has 2 heterocycles. The molecule has 0 atom stereocenters. The van der Waals surface area contributed by atoms with Gasteiger partial charge in [0.2, 0.25) is 5.78 Å². The van der Waals surface area contributed by atoms with Gasteiger partial charge in [-0.15, -0.1) is 11.3 Å². The number of halogens is 1. The van der Waals surface area contributed by atoms with Crippen LogP contribution in [0.1, 0.15) is 15.4 Å². The Balaban J connectivity index is 1.82. The van der Waals surface area contributed by atoms with E-state index < -0.39 is 5.97 Å². The Labute approximate surface area is 127 Å². The zero-order chi connectivity index (χ0) is 13.7. The molecule has 6 heteroatoms. The molecule has 0 N–H and O–H groups in total. The Morgan fingerprint density at radius 2 is 2.21 bits per heavy atom. The van der Waals surface area contributed by atoms with Gasteiger partial charge in [-0.1, -0.05) is 6.07 Å². The van der Waals surface area contributed by atoms with E-state index in [0.717, 1.165) is 3.77 Å². The van der Waals surface area contributed by atoms with Crippen molar-refractivity contribution in [3.05, 3.63) is 50.1 Å². The molecule has 2 rings (SSSR count). The minimum atomic E-state index is -0.573. The molecule has 0 aliphatic carbocycles. The summed E-state index contributed by atoms with van der Waals surface area (Å²) in [6.45, 7) is -0.251. The van der Waals surface area contributed by atoms with Crippen LogP contribution in [0.3, 0.4) is 0 Å². The SMILES string of the molecule is O=C(C=Cc1ccc(I)o1)OCC(=O)c1cccs1. The molecule has 0 bridgehead atoms. The van der Waals surface area contributed by atoms with Crippen molar-refractivity contribution in [3.63, 3.8) is 0 Å². The average molecular weight is 388 g/mol. The van der Waals surface area contributed by atoms with Gasteiger partial charge in [0.25, 0.3) is 0 Å². The zero-order valence-electron chi connectivity index (χ0n) is 9.67. The summed E-state index contributed by atoms with van der Waals surface area (Å²) in [4.78, 5) is 23.6. The van der Waals surface area contributed by atoms with Crippen LogP contribution in [-0.4, -0.2) is 18.4 Å². The lowest BCUT2D eigenvalue weighted by Gasteiger charge is -1.98. The van der Waals surface area contributed by atoms with Gasteiger partial charge in [0.05, 0.1) is 4.88 Å². The van der Waals surface area contributed by atoms with Gasteiger partial charge in [-0.2, -0.15) is 0 Å². The van der Waals surface area contributed by atoms with Crippen LogP contribution in [0.15, 0.2) is 40.1 Å². The van der Waals surface area contributed by atoms with Crippen LogP contribution in [0, 0.1) is 3.77 Å². The summed E-state index contributed by atoms with van der Waals surface area (Å²) in [6.07, 6.45) is 2.73. The summed E-state index contributed by atoms with van der Waals surface area (Å²) < 4.78 is 10.8. The Hall–Kier alpha value is -1.41. The fraction of sp³-hybridized carbons (Fsp3) is 0.0769. The van der Waals surface area contributed by atoms with Crippen molar-refractivity contribution in [3.8, 4) is 0 Å². The van der Waals surface area contributed by atoms with Gasteiger partial charge in [0.15, 0.2) is 10.4 Å². The van der Waals surface area contributed by atoms with Crippen LogP contribution >= 0.6 is 33.9 Å². The zero-order valence-corrected chi connectivity index (χ0v) is 12.6. The molecule has 0 aliphatic rings. The van der Waals surface area contributed by atoms with Crippen LogP contribution in [0.4, 0.5) is 0 Å². The molecule has 0 aliphatic heterocycles. The van der Waals surface area contributed by atoms with Gasteiger partial charge in [-0.05, 0) is 52.2 Å². The number of furan rings is 1. The number of thiophene rings is 1. The van der Waals surface area contributed by atoms with Crippen molar-refractivity contribution < 1.29 is 18.7 Å². The van der Waals surface area contributed by atoms with Crippen molar-refractivity contribution in [2.45, 2.75) is 0 Å². The van der Waals surface area contributed by atoms with Crippen LogP contribution in [0.5, 0.6) is 0 Å².